The fourth-order valence-corrected chi connectivity index (χ4v) is 3.87. The molecule has 29 heavy (non-hydrogen) atoms. The molecule has 0 saturated heterocycles. The molecule has 0 atom stereocenters. The minimum atomic E-state index is -0.141. The van der Waals surface area contributed by atoms with Gasteiger partial charge in [0.2, 0.25) is 0 Å². The number of hydrogen-bond acceptors (Lipinski definition) is 5. The fourth-order valence-electron chi connectivity index (χ4n) is 2.99. The quantitative estimate of drug-likeness (QED) is 0.447. The van der Waals surface area contributed by atoms with Crippen LogP contribution in [0.5, 0.6) is 0 Å². The van der Waals surface area contributed by atoms with Crippen LogP contribution in [0.2, 0.25) is 0 Å². The van der Waals surface area contributed by atoms with Gasteiger partial charge in [-0.25, -0.2) is 9.97 Å². The van der Waals surface area contributed by atoms with E-state index < -0.39 is 0 Å². The van der Waals surface area contributed by atoms with E-state index in [0.717, 1.165) is 33.2 Å². The number of aromatic nitrogens is 4. The molecule has 7 heteroatoms. The first-order chi connectivity index (χ1) is 14.3. The Morgan fingerprint density at radius 2 is 1.76 bits per heavy atom. The van der Waals surface area contributed by atoms with Gasteiger partial charge in [-0.1, -0.05) is 6.07 Å². The average molecular weight is 397 g/mol. The maximum absolute atomic E-state index is 12.6. The second-order valence-electron chi connectivity index (χ2n) is 6.37. The first kappa shape index (κ1) is 17.3. The predicted molar refractivity (Wildman–Crippen MR) is 115 cm³/mol. The summed E-state index contributed by atoms with van der Waals surface area (Å²) in [6.07, 6.45) is 3.46. The largest absolute Gasteiger partial charge is 0.337 e. The summed E-state index contributed by atoms with van der Waals surface area (Å²) in [6.45, 7) is 0. The first-order valence-corrected chi connectivity index (χ1v) is 9.82. The zero-order valence-electron chi connectivity index (χ0n) is 15.2. The number of benzene rings is 1. The van der Waals surface area contributed by atoms with Crippen LogP contribution in [0, 0.1) is 0 Å². The topological polar surface area (TPSA) is 83.6 Å². The van der Waals surface area contributed by atoms with Crippen molar-refractivity contribution >= 4 is 34.1 Å². The standard InChI is InChI=1S/C22H15N5OS/c28-22(19-11-10-18(29-19)16-4-1-2-12-23-16)25-15-8-6-14(7-9-15)20-26-17-5-3-13-24-21(17)27-20/h1-13H,(H,25,28)(H,24,26,27). The van der Waals surface area contributed by atoms with Crippen molar-refractivity contribution in [2.24, 2.45) is 0 Å². The monoisotopic (exact) mass is 397 g/mol. The number of nitrogens with one attached hydrogen (secondary N) is 2. The summed E-state index contributed by atoms with van der Waals surface area (Å²) < 4.78 is 0. The van der Waals surface area contributed by atoms with Crippen molar-refractivity contribution in [3.63, 3.8) is 0 Å². The van der Waals surface area contributed by atoms with Gasteiger partial charge in [-0.15, -0.1) is 11.3 Å². The molecule has 0 fully saturated rings. The normalized spacial score (nSPS) is 10.9. The Labute approximate surface area is 170 Å². The van der Waals surface area contributed by atoms with Crippen molar-refractivity contribution in [3.05, 3.63) is 84.0 Å². The van der Waals surface area contributed by atoms with Crippen LogP contribution in [0.15, 0.2) is 79.1 Å². The van der Waals surface area contributed by atoms with Gasteiger partial charge in [0.25, 0.3) is 5.91 Å². The highest BCUT2D eigenvalue weighted by atomic mass is 32.1. The molecule has 4 heterocycles. The molecule has 4 aromatic heterocycles. The predicted octanol–water partition coefficient (Wildman–Crippen LogP) is 5.00. The van der Waals surface area contributed by atoms with Crippen molar-refractivity contribution in [3.8, 4) is 22.0 Å². The number of imidazole rings is 1. The van der Waals surface area contributed by atoms with Gasteiger partial charge in [0.15, 0.2) is 5.65 Å². The lowest BCUT2D eigenvalue weighted by Gasteiger charge is -2.04. The highest BCUT2D eigenvalue weighted by Gasteiger charge is 2.12. The van der Waals surface area contributed by atoms with Gasteiger partial charge in [0, 0.05) is 23.6 Å². The number of amides is 1. The summed E-state index contributed by atoms with van der Waals surface area (Å²) in [5, 5.41) is 2.94. The lowest BCUT2D eigenvalue weighted by Crippen LogP contribution is -2.09. The van der Waals surface area contributed by atoms with E-state index in [-0.39, 0.29) is 5.91 Å². The Bertz CT molecular complexity index is 1260. The maximum Gasteiger partial charge on any atom is 0.265 e. The number of thiophene rings is 1. The number of hydrogen-bond donors (Lipinski definition) is 2. The smallest absolute Gasteiger partial charge is 0.265 e. The van der Waals surface area contributed by atoms with E-state index in [0.29, 0.717) is 10.5 Å². The molecule has 0 saturated carbocycles. The second kappa shape index (κ2) is 7.29. The highest BCUT2D eigenvalue weighted by Crippen LogP contribution is 2.27. The van der Waals surface area contributed by atoms with E-state index in [9.17, 15) is 4.79 Å². The van der Waals surface area contributed by atoms with Gasteiger partial charge in [-0.05, 0) is 60.7 Å². The van der Waals surface area contributed by atoms with Crippen molar-refractivity contribution in [2.45, 2.75) is 0 Å². The number of pyridine rings is 2. The third-order valence-electron chi connectivity index (χ3n) is 4.42. The molecule has 1 amide bonds. The van der Waals surface area contributed by atoms with Crippen LogP contribution in [-0.4, -0.2) is 25.8 Å². The Morgan fingerprint density at radius 1 is 0.897 bits per heavy atom. The number of carbonyl (C=O) groups is 1. The molecule has 140 valence electrons. The summed E-state index contributed by atoms with van der Waals surface area (Å²) >= 11 is 1.42. The molecule has 6 nitrogen and oxygen atoms in total. The maximum atomic E-state index is 12.6. The van der Waals surface area contributed by atoms with Crippen LogP contribution in [-0.2, 0) is 0 Å². The molecule has 0 aliphatic heterocycles. The minimum Gasteiger partial charge on any atom is -0.337 e. The van der Waals surface area contributed by atoms with E-state index in [1.165, 1.54) is 11.3 Å². The zero-order valence-corrected chi connectivity index (χ0v) is 16.0. The molecule has 1 aromatic carbocycles. The van der Waals surface area contributed by atoms with Gasteiger partial charge in [0.05, 0.1) is 21.0 Å². The fraction of sp³-hybridized carbons (Fsp3) is 0. The number of carbonyl (C=O) groups excluding carboxylic acids is 1. The van der Waals surface area contributed by atoms with E-state index in [2.05, 4.69) is 25.3 Å². The van der Waals surface area contributed by atoms with Crippen LogP contribution < -0.4 is 5.32 Å². The second-order valence-corrected chi connectivity index (χ2v) is 7.45. The Morgan fingerprint density at radius 3 is 2.55 bits per heavy atom. The Balaban J connectivity index is 1.32. The summed E-state index contributed by atoms with van der Waals surface area (Å²) in [5.41, 5.74) is 4.08. The van der Waals surface area contributed by atoms with Gasteiger partial charge < -0.3 is 10.3 Å². The number of nitrogens with zero attached hydrogens (tertiary/aromatic N) is 3. The van der Waals surface area contributed by atoms with E-state index in [4.69, 9.17) is 0 Å². The van der Waals surface area contributed by atoms with Gasteiger partial charge >= 0.3 is 0 Å². The molecule has 0 bridgehead atoms. The lowest BCUT2D eigenvalue weighted by molar-refractivity contribution is 0.103. The number of fused-ring (bicyclic) bond motifs is 1. The number of aromatic amines is 1. The number of H-pyrrole nitrogens is 1. The van der Waals surface area contributed by atoms with Crippen molar-refractivity contribution in [1.82, 2.24) is 19.9 Å². The lowest BCUT2D eigenvalue weighted by atomic mass is 10.2. The van der Waals surface area contributed by atoms with Crippen LogP contribution in [0.4, 0.5) is 5.69 Å². The zero-order chi connectivity index (χ0) is 19.6. The molecule has 5 aromatic rings. The van der Waals surface area contributed by atoms with E-state index >= 15 is 0 Å². The molecule has 0 spiro atoms. The van der Waals surface area contributed by atoms with Crippen molar-refractivity contribution in [2.75, 3.05) is 5.32 Å². The van der Waals surface area contributed by atoms with Crippen LogP contribution >= 0.6 is 11.3 Å². The molecule has 2 N–H and O–H groups in total. The molecule has 0 aliphatic carbocycles. The average Bonchev–Trinajstić information content (AvgIpc) is 3.42. The van der Waals surface area contributed by atoms with Gasteiger partial charge in [-0.3, -0.25) is 9.78 Å². The number of rotatable bonds is 4. The van der Waals surface area contributed by atoms with Crippen molar-refractivity contribution < 1.29 is 4.79 Å². The Kier molecular flexibility index (Phi) is 4.34. The van der Waals surface area contributed by atoms with Crippen LogP contribution in [0.1, 0.15) is 9.67 Å². The minimum absolute atomic E-state index is 0.141. The third kappa shape index (κ3) is 3.51. The Hall–Kier alpha value is -3.84. The molecule has 0 aliphatic rings. The molecular weight excluding hydrogens is 382 g/mol. The molecule has 0 unspecified atom stereocenters. The van der Waals surface area contributed by atoms with E-state index in [1.807, 2.05) is 66.7 Å². The van der Waals surface area contributed by atoms with Gasteiger partial charge in [-0.2, -0.15) is 0 Å². The summed E-state index contributed by atoms with van der Waals surface area (Å²) in [6, 6.07) is 20.8. The summed E-state index contributed by atoms with van der Waals surface area (Å²) in [4.78, 5) is 30.5. The first-order valence-electron chi connectivity index (χ1n) is 9.00. The van der Waals surface area contributed by atoms with Crippen molar-refractivity contribution in [1.29, 1.82) is 0 Å². The van der Waals surface area contributed by atoms with E-state index in [1.54, 1.807) is 12.4 Å². The summed E-state index contributed by atoms with van der Waals surface area (Å²) in [7, 11) is 0. The highest BCUT2D eigenvalue weighted by molar-refractivity contribution is 7.17. The number of anilines is 1. The molecule has 0 radical (unpaired) electrons. The van der Waals surface area contributed by atoms with Gasteiger partial charge in [0.1, 0.15) is 5.82 Å². The van der Waals surface area contributed by atoms with Crippen LogP contribution in [0.3, 0.4) is 0 Å². The summed E-state index contributed by atoms with van der Waals surface area (Å²) in [5.74, 6) is 0.604. The molecular formula is C22H15N5OS. The van der Waals surface area contributed by atoms with Crippen LogP contribution in [0.25, 0.3) is 33.1 Å². The molecule has 5 rings (SSSR count). The third-order valence-corrected chi connectivity index (χ3v) is 5.53. The SMILES string of the molecule is O=C(Nc1ccc(-c2nc3ncccc3[nH]2)cc1)c1ccc(-c2ccccn2)s1.